The highest BCUT2D eigenvalue weighted by atomic mass is 16.3. The Kier molecular flexibility index (Phi) is 3.45. The van der Waals surface area contributed by atoms with E-state index in [0.29, 0.717) is 0 Å². The van der Waals surface area contributed by atoms with Gasteiger partial charge in [-0.05, 0) is 43.2 Å². The summed E-state index contributed by atoms with van der Waals surface area (Å²) in [5, 5.41) is 10.5. The summed E-state index contributed by atoms with van der Waals surface area (Å²) in [6, 6.07) is 10.3. The van der Waals surface area contributed by atoms with E-state index in [1.165, 1.54) is 17.6 Å². The van der Waals surface area contributed by atoms with E-state index in [9.17, 15) is 5.11 Å². The van der Waals surface area contributed by atoms with Gasteiger partial charge in [0, 0.05) is 0 Å². The molecule has 1 fully saturated rings. The Hall–Kier alpha value is -1.08. The first-order chi connectivity index (χ1) is 7.74. The molecule has 0 heterocycles. The van der Waals surface area contributed by atoms with Gasteiger partial charge in [-0.1, -0.05) is 43.3 Å². The van der Waals surface area contributed by atoms with E-state index in [0.717, 1.165) is 25.7 Å². The molecule has 1 aromatic carbocycles. The summed E-state index contributed by atoms with van der Waals surface area (Å²) in [7, 11) is 0. The molecule has 1 aliphatic carbocycles. The maximum Gasteiger partial charge on any atom is 0.0857 e. The minimum absolute atomic E-state index is 0.548. The smallest absolute Gasteiger partial charge is 0.0857 e. The molecular formula is C15H20O. The zero-order valence-electron chi connectivity index (χ0n) is 9.95. The summed E-state index contributed by atoms with van der Waals surface area (Å²) in [5.74, 6) is 0. The molecule has 0 spiro atoms. The van der Waals surface area contributed by atoms with Crippen LogP contribution in [-0.2, 0) is 0 Å². The monoisotopic (exact) mass is 216 g/mol. The minimum Gasteiger partial charge on any atom is -0.386 e. The van der Waals surface area contributed by atoms with Gasteiger partial charge in [-0.2, -0.15) is 0 Å². The molecule has 0 saturated heterocycles. The summed E-state index contributed by atoms with van der Waals surface area (Å²) >= 11 is 0. The number of benzene rings is 1. The molecule has 0 unspecified atom stereocenters. The van der Waals surface area contributed by atoms with Crippen LogP contribution in [-0.4, -0.2) is 10.7 Å². The van der Waals surface area contributed by atoms with Crippen molar-refractivity contribution in [3.05, 3.63) is 41.5 Å². The fourth-order valence-corrected chi connectivity index (χ4v) is 2.49. The van der Waals surface area contributed by atoms with Crippen LogP contribution in [0, 0.1) is 0 Å². The largest absolute Gasteiger partial charge is 0.386 e. The normalized spacial score (nSPS) is 28.2. The molecule has 0 bridgehead atoms. The molecule has 0 radical (unpaired) electrons. The lowest BCUT2D eigenvalue weighted by molar-refractivity contribution is 0.0491. The Labute approximate surface area is 97.8 Å². The first-order valence-electron chi connectivity index (χ1n) is 6.23. The van der Waals surface area contributed by atoms with Gasteiger partial charge in [0.2, 0.25) is 0 Å². The zero-order valence-corrected chi connectivity index (χ0v) is 9.95. The van der Waals surface area contributed by atoms with Crippen LogP contribution in [0.4, 0.5) is 0 Å². The maximum absolute atomic E-state index is 10.5. The SMILES string of the molecule is CC[C@@]1(O)CCCC/C1=C\c1ccccc1. The molecule has 0 aliphatic heterocycles. The molecule has 86 valence electrons. The van der Waals surface area contributed by atoms with Crippen molar-refractivity contribution in [2.45, 2.75) is 44.6 Å². The predicted molar refractivity (Wildman–Crippen MR) is 68.1 cm³/mol. The van der Waals surface area contributed by atoms with E-state index >= 15 is 0 Å². The summed E-state index contributed by atoms with van der Waals surface area (Å²) in [6.07, 6.45) is 7.31. The van der Waals surface area contributed by atoms with Crippen LogP contribution >= 0.6 is 0 Å². The third-order valence-electron chi connectivity index (χ3n) is 3.61. The van der Waals surface area contributed by atoms with Crippen molar-refractivity contribution in [3.8, 4) is 0 Å². The topological polar surface area (TPSA) is 20.2 Å². The van der Waals surface area contributed by atoms with Gasteiger partial charge in [-0.15, -0.1) is 0 Å². The Morgan fingerprint density at radius 2 is 2.00 bits per heavy atom. The van der Waals surface area contributed by atoms with Gasteiger partial charge in [-0.3, -0.25) is 0 Å². The van der Waals surface area contributed by atoms with Gasteiger partial charge in [-0.25, -0.2) is 0 Å². The van der Waals surface area contributed by atoms with Gasteiger partial charge in [0.1, 0.15) is 0 Å². The van der Waals surface area contributed by atoms with Gasteiger partial charge in [0.15, 0.2) is 0 Å². The third-order valence-corrected chi connectivity index (χ3v) is 3.61. The first-order valence-corrected chi connectivity index (χ1v) is 6.23. The van der Waals surface area contributed by atoms with E-state index < -0.39 is 5.60 Å². The minimum atomic E-state index is -0.548. The zero-order chi connectivity index (χ0) is 11.4. The first kappa shape index (κ1) is 11.4. The predicted octanol–water partition coefficient (Wildman–Crippen LogP) is 3.79. The lowest BCUT2D eigenvalue weighted by Crippen LogP contribution is -2.32. The van der Waals surface area contributed by atoms with Crippen LogP contribution < -0.4 is 0 Å². The van der Waals surface area contributed by atoms with Crippen molar-refractivity contribution >= 4 is 6.08 Å². The highest BCUT2D eigenvalue weighted by Crippen LogP contribution is 2.36. The molecule has 1 N–H and O–H groups in total. The summed E-state index contributed by atoms with van der Waals surface area (Å²) in [6.45, 7) is 2.07. The van der Waals surface area contributed by atoms with Crippen molar-refractivity contribution in [2.24, 2.45) is 0 Å². The molecule has 1 atom stereocenters. The molecule has 0 aromatic heterocycles. The lowest BCUT2D eigenvalue weighted by Gasteiger charge is -2.34. The molecule has 0 amide bonds. The van der Waals surface area contributed by atoms with E-state index in [1.807, 2.05) is 18.2 Å². The summed E-state index contributed by atoms with van der Waals surface area (Å²) in [5.41, 5.74) is 1.87. The van der Waals surface area contributed by atoms with Gasteiger partial charge in [0.25, 0.3) is 0 Å². The molecular weight excluding hydrogens is 196 g/mol. The average Bonchev–Trinajstić information content (AvgIpc) is 2.34. The van der Waals surface area contributed by atoms with E-state index in [2.05, 4.69) is 25.1 Å². The van der Waals surface area contributed by atoms with Gasteiger partial charge in [0.05, 0.1) is 5.60 Å². The highest BCUT2D eigenvalue weighted by Gasteiger charge is 2.31. The van der Waals surface area contributed by atoms with Crippen LogP contribution in [0.1, 0.15) is 44.6 Å². The molecule has 1 nitrogen and oxygen atoms in total. The van der Waals surface area contributed by atoms with Crippen LogP contribution in [0.3, 0.4) is 0 Å². The van der Waals surface area contributed by atoms with Gasteiger partial charge < -0.3 is 5.11 Å². The second-order valence-electron chi connectivity index (χ2n) is 4.67. The summed E-state index contributed by atoms with van der Waals surface area (Å²) < 4.78 is 0. The van der Waals surface area contributed by atoms with E-state index in [1.54, 1.807) is 0 Å². The summed E-state index contributed by atoms with van der Waals surface area (Å²) in [4.78, 5) is 0. The number of rotatable bonds is 2. The third kappa shape index (κ3) is 2.35. The fourth-order valence-electron chi connectivity index (χ4n) is 2.49. The molecule has 16 heavy (non-hydrogen) atoms. The average molecular weight is 216 g/mol. The van der Waals surface area contributed by atoms with Crippen molar-refractivity contribution < 1.29 is 5.11 Å². The molecule has 1 heteroatoms. The second kappa shape index (κ2) is 4.84. The van der Waals surface area contributed by atoms with E-state index in [4.69, 9.17) is 0 Å². The quantitative estimate of drug-likeness (QED) is 0.797. The number of hydrogen-bond donors (Lipinski definition) is 1. The van der Waals surface area contributed by atoms with Crippen molar-refractivity contribution in [3.63, 3.8) is 0 Å². The Morgan fingerprint density at radius 3 is 2.69 bits per heavy atom. The molecule has 1 aromatic rings. The standard InChI is InChI=1S/C15H20O/c1-2-15(16)11-7-6-10-14(15)12-13-8-4-3-5-9-13/h3-5,8-9,12,16H,2,6-7,10-11H2,1H3/b14-12+/t15-/m1/s1. The van der Waals surface area contributed by atoms with Crippen molar-refractivity contribution in [2.75, 3.05) is 0 Å². The van der Waals surface area contributed by atoms with E-state index in [-0.39, 0.29) is 0 Å². The second-order valence-corrected chi connectivity index (χ2v) is 4.67. The fraction of sp³-hybridized carbons (Fsp3) is 0.467. The van der Waals surface area contributed by atoms with Crippen LogP contribution in [0.25, 0.3) is 6.08 Å². The van der Waals surface area contributed by atoms with Crippen LogP contribution in [0.2, 0.25) is 0 Å². The Balaban J connectivity index is 2.27. The van der Waals surface area contributed by atoms with Crippen molar-refractivity contribution in [1.29, 1.82) is 0 Å². The van der Waals surface area contributed by atoms with Crippen LogP contribution in [0.15, 0.2) is 35.9 Å². The van der Waals surface area contributed by atoms with Crippen LogP contribution in [0.5, 0.6) is 0 Å². The number of hydrogen-bond acceptors (Lipinski definition) is 1. The maximum atomic E-state index is 10.5. The number of aliphatic hydroxyl groups is 1. The molecule has 2 rings (SSSR count). The van der Waals surface area contributed by atoms with Crippen molar-refractivity contribution in [1.82, 2.24) is 0 Å². The Morgan fingerprint density at radius 1 is 1.25 bits per heavy atom. The molecule has 1 aliphatic rings. The van der Waals surface area contributed by atoms with Gasteiger partial charge >= 0.3 is 0 Å². The Bertz CT molecular complexity index is 366. The highest BCUT2D eigenvalue weighted by molar-refractivity contribution is 5.55. The lowest BCUT2D eigenvalue weighted by atomic mass is 9.78. The molecule has 1 saturated carbocycles.